The topological polar surface area (TPSA) is 246 Å². The van der Waals surface area contributed by atoms with Crippen LogP contribution in [0.5, 0.6) is 0 Å². The van der Waals surface area contributed by atoms with Crippen molar-refractivity contribution in [3.63, 3.8) is 0 Å². The van der Waals surface area contributed by atoms with Crippen LogP contribution in [-0.2, 0) is 65.5 Å². The second-order valence-corrected chi connectivity index (χ2v) is 14.2. The number of H-pyrrole nitrogens is 1. The van der Waals surface area contributed by atoms with Crippen LogP contribution in [0.1, 0.15) is 38.8 Å². The Hall–Kier alpha value is -3.28. The lowest BCUT2D eigenvalue weighted by Gasteiger charge is -2.43. The fourth-order valence-corrected chi connectivity index (χ4v) is 7.81. The van der Waals surface area contributed by atoms with Crippen LogP contribution in [0.4, 0.5) is 14.0 Å². The highest BCUT2D eigenvalue weighted by molar-refractivity contribution is 7.48. The number of nitrogens with zero attached hydrogens (tertiary/aromatic N) is 1. The summed E-state index contributed by atoms with van der Waals surface area (Å²) in [6, 6.07) is 1.03. The molecule has 1 unspecified atom stereocenters. The molecule has 1 saturated heterocycles. The maximum atomic E-state index is 15.4. The number of aliphatic hydroxyl groups is 1. The van der Waals surface area contributed by atoms with Gasteiger partial charge in [-0.2, -0.15) is 0 Å². The van der Waals surface area contributed by atoms with Crippen LogP contribution in [0, 0.1) is 5.41 Å². The van der Waals surface area contributed by atoms with Gasteiger partial charge in [-0.05, 0) is 19.8 Å². The summed E-state index contributed by atoms with van der Waals surface area (Å²) in [5.74, 6) is -1.78. The molecule has 3 aliphatic rings. The molecular weight excluding hydrogens is 766 g/mol. The van der Waals surface area contributed by atoms with Gasteiger partial charge in [-0.1, -0.05) is 6.08 Å². The van der Waals surface area contributed by atoms with E-state index in [1.54, 1.807) is 0 Å². The zero-order chi connectivity index (χ0) is 40.2. The van der Waals surface area contributed by atoms with E-state index in [9.17, 15) is 28.8 Å². The van der Waals surface area contributed by atoms with E-state index in [0.717, 1.165) is 16.8 Å². The summed E-state index contributed by atoms with van der Waals surface area (Å²) in [7, 11) is -2.09. The van der Waals surface area contributed by atoms with Crippen molar-refractivity contribution in [2.45, 2.75) is 61.9 Å². The monoisotopic (exact) mass is 814 g/mol. The fraction of sp³-hybridized carbons (Fsp3) is 0.750. The largest absolute Gasteiger partial charge is 0.510 e. The van der Waals surface area contributed by atoms with Crippen LogP contribution >= 0.6 is 7.82 Å². The lowest BCUT2D eigenvalue weighted by atomic mass is 9.82. The Morgan fingerprint density at radius 2 is 1.51 bits per heavy atom. The third kappa shape index (κ3) is 10.2. The molecule has 5 atom stereocenters. The molecular formula is C32H48FN2O19P. The van der Waals surface area contributed by atoms with Gasteiger partial charge in [-0.3, -0.25) is 18.9 Å². The number of aromatic nitrogens is 2. The quantitative estimate of drug-likeness (QED) is 0.0471. The Morgan fingerprint density at radius 3 is 2.00 bits per heavy atom. The van der Waals surface area contributed by atoms with E-state index in [4.69, 9.17) is 60.9 Å². The molecule has 3 fully saturated rings. The van der Waals surface area contributed by atoms with Crippen LogP contribution in [0.3, 0.4) is 0 Å². The minimum Gasteiger partial charge on any atom is -0.432 e. The van der Waals surface area contributed by atoms with Crippen molar-refractivity contribution in [2.24, 2.45) is 5.41 Å². The molecule has 2 heterocycles. The van der Waals surface area contributed by atoms with Crippen molar-refractivity contribution < 1.29 is 84.6 Å². The number of methoxy groups -OCH3 is 2. The second-order valence-electron chi connectivity index (χ2n) is 12.6. The van der Waals surface area contributed by atoms with Crippen molar-refractivity contribution in [3.8, 4) is 0 Å². The van der Waals surface area contributed by atoms with Gasteiger partial charge in [0.2, 0.25) is 13.6 Å². The molecule has 0 aromatic carbocycles. The normalized spacial score (nSPS) is 26.6. The number of hydrogen-bond acceptors (Lipinski definition) is 19. The van der Waals surface area contributed by atoms with Crippen molar-refractivity contribution in [2.75, 3.05) is 87.3 Å². The Balaban J connectivity index is 1.54. The van der Waals surface area contributed by atoms with Gasteiger partial charge in [0.05, 0.1) is 45.1 Å². The zero-order valence-corrected chi connectivity index (χ0v) is 31.7. The van der Waals surface area contributed by atoms with E-state index < -0.39 is 86.4 Å². The fourth-order valence-electron chi connectivity index (χ4n) is 6.65. The van der Waals surface area contributed by atoms with Crippen molar-refractivity contribution >= 4 is 20.1 Å². The molecule has 1 aromatic heterocycles. The smallest absolute Gasteiger partial charge is 0.432 e. The Kier molecular flexibility index (Phi) is 15.9. The highest BCUT2D eigenvalue weighted by atomic mass is 31.2. The van der Waals surface area contributed by atoms with Gasteiger partial charge >= 0.3 is 25.8 Å². The maximum absolute atomic E-state index is 15.4. The number of carbonyl (C=O) groups excluding carboxylic acids is 2. The number of hydrogen-bond donors (Lipinski definition) is 2. The van der Waals surface area contributed by atoms with Crippen LogP contribution in [-0.4, -0.2) is 137 Å². The first kappa shape index (κ1) is 44.4. The molecule has 0 amide bonds. The van der Waals surface area contributed by atoms with Crippen molar-refractivity contribution in [3.05, 3.63) is 45.8 Å². The molecule has 2 N–H and O–H groups in total. The van der Waals surface area contributed by atoms with Gasteiger partial charge < -0.3 is 52.5 Å². The van der Waals surface area contributed by atoms with E-state index in [1.165, 1.54) is 27.2 Å². The van der Waals surface area contributed by atoms with Gasteiger partial charge in [-0.15, -0.1) is 6.58 Å². The first-order chi connectivity index (χ1) is 26.3. The summed E-state index contributed by atoms with van der Waals surface area (Å²) in [5.41, 5.74) is -7.55. The summed E-state index contributed by atoms with van der Waals surface area (Å²) in [6.07, 6.45) is -1.87. The average Bonchev–Trinajstić information content (AvgIpc) is 3.32. The molecule has 0 bridgehead atoms. The molecule has 0 spiro atoms. The Bertz CT molecular complexity index is 1570. The predicted octanol–water partition coefficient (Wildman–Crippen LogP) is 2.07. The molecule has 21 nitrogen and oxygen atoms in total. The summed E-state index contributed by atoms with van der Waals surface area (Å²) < 4.78 is 98.8. The van der Waals surface area contributed by atoms with Crippen molar-refractivity contribution in [1.82, 2.24) is 9.55 Å². The third-order valence-corrected chi connectivity index (χ3v) is 10.6. The van der Waals surface area contributed by atoms with Gasteiger partial charge in [0.1, 0.15) is 37.2 Å². The lowest BCUT2D eigenvalue weighted by molar-refractivity contribution is -0.298. The number of halogens is 1. The van der Waals surface area contributed by atoms with E-state index in [1.807, 2.05) is 0 Å². The highest BCUT2D eigenvalue weighted by Crippen LogP contribution is 2.79. The van der Waals surface area contributed by atoms with Crippen LogP contribution in [0.25, 0.3) is 0 Å². The standard InChI is InChI=1S/C32H48FN2O19P/c1-5-31-24(32(31,20-33)52-25(35-11-8-23(36)34-26(35)37)29(31,2)54-30(40)9-6-7-10-30)53-55(41,50-21-48-27(38)46-18-16-44-14-12-42-3)51-22-49-28(39)47-19-17-45-15-13-43-4/h5,8,11,24-25,40H,1,6-7,9-10,12-22H2,2-4H3,(H,34,36,37)/t24?,25-,29+,31-,32-/m1/s1. The number of alkyl halides is 1. The number of phosphoric acid groups is 1. The van der Waals surface area contributed by atoms with E-state index in [-0.39, 0.29) is 52.5 Å². The third-order valence-electron chi connectivity index (χ3n) is 9.25. The SMILES string of the molecule is C=C[C@]12C(OP(=O)(OCOC(=O)OCCOCCOC)OCOC(=O)OCCOCCOC)[C@@]1(CF)O[C@@H](n1ccc(=O)[nH]c1=O)[C@]2(C)OC1(O)CCCC1. The van der Waals surface area contributed by atoms with Crippen LogP contribution in [0.15, 0.2) is 34.5 Å². The van der Waals surface area contributed by atoms with E-state index >= 15 is 4.39 Å². The lowest BCUT2D eigenvalue weighted by Crippen LogP contribution is -2.54. The molecule has 4 rings (SSSR count). The molecule has 55 heavy (non-hydrogen) atoms. The number of carbonyl (C=O) groups is 2. The number of ether oxygens (including phenoxy) is 10. The Morgan fingerprint density at radius 1 is 0.964 bits per heavy atom. The summed E-state index contributed by atoms with van der Waals surface area (Å²) in [6.45, 7) is 2.41. The Labute approximate surface area is 314 Å². The molecule has 1 aromatic rings. The van der Waals surface area contributed by atoms with Crippen LogP contribution in [0.2, 0.25) is 0 Å². The summed E-state index contributed by atoms with van der Waals surface area (Å²) in [4.78, 5) is 51.3. The molecule has 23 heteroatoms. The van der Waals surface area contributed by atoms with E-state index in [0.29, 0.717) is 26.1 Å². The molecule has 1 aliphatic heterocycles. The number of nitrogens with one attached hydrogen (secondary N) is 1. The van der Waals surface area contributed by atoms with Gasteiger partial charge in [-0.25, -0.2) is 32.4 Å². The number of fused-ring (bicyclic) bond motifs is 1. The summed E-state index contributed by atoms with van der Waals surface area (Å²) >= 11 is 0. The summed E-state index contributed by atoms with van der Waals surface area (Å²) in [5, 5.41) is 11.4. The highest BCUT2D eigenvalue weighted by Gasteiger charge is 2.93. The zero-order valence-electron chi connectivity index (χ0n) is 30.8. The minimum absolute atomic E-state index is 0.00945. The van der Waals surface area contributed by atoms with E-state index in [2.05, 4.69) is 11.6 Å². The average molecular weight is 815 g/mol. The number of phosphoric ester groups is 1. The van der Waals surface area contributed by atoms with Crippen molar-refractivity contribution in [1.29, 1.82) is 0 Å². The second kappa shape index (κ2) is 19.7. The van der Waals surface area contributed by atoms with Gasteiger partial charge in [0.15, 0.2) is 12.0 Å². The number of rotatable bonds is 25. The first-order valence-corrected chi connectivity index (χ1v) is 18.7. The minimum atomic E-state index is -5.07. The van der Waals surface area contributed by atoms with Gasteiger partial charge in [0.25, 0.3) is 5.56 Å². The predicted molar refractivity (Wildman–Crippen MR) is 180 cm³/mol. The van der Waals surface area contributed by atoms with Crippen LogP contribution < -0.4 is 11.2 Å². The van der Waals surface area contributed by atoms with Gasteiger partial charge in [0, 0.05) is 39.3 Å². The molecule has 0 radical (unpaired) electrons. The maximum Gasteiger partial charge on any atom is 0.510 e. The first-order valence-electron chi connectivity index (χ1n) is 17.2. The molecule has 312 valence electrons. The molecule has 2 saturated carbocycles. The molecule has 2 aliphatic carbocycles. The number of aromatic amines is 1.